The molecule has 3 amide bonds. The number of aromatic nitrogens is 2. The summed E-state index contributed by atoms with van der Waals surface area (Å²) in [4.78, 5) is 32.8. The first kappa shape index (κ1) is 30.7. The molecule has 10 nitrogen and oxygen atoms in total. The summed E-state index contributed by atoms with van der Waals surface area (Å²) in [6.07, 6.45) is -1.87. The van der Waals surface area contributed by atoms with Crippen LogP contribution in [0.15, 0.2) is 73.6 Å². The average molecular weight is 600 g/mol. The zero-order chi connectivity index (χ0) is 31.0. The molecule has 0 unspecified atom stereocenters. The lowest BCUT2D eigenvalue weighted by atomic mass is 10.2. The molecule has 0 radical (unpaired) electrons. The third-order valence-corrected chi connectivity index (χ3v) is 5.75. The number of urea groups is 1. The Kier molecular flexibility index (Phi) is 9.72. The van der Waals surface area contributed by atoms with Gasteiger partial charge in [-0.15, -0.1) is 0 Å². The van der Waals surface area contributed by atoms with E-state index in [4.69, 9.17) is 14.2 Å². The average Bonchev–Trinajstić information content (AvgIpc) is 2.97. The van der Waals surface area contributed by atoms with Gasteiger partial charge < -0.3 is 30.2 Å². The molecule has 0 bridgehead atoms. The van der Waals surface area contributed by atoms with E-state index in [0.29, 0.717) is 65.5 Å². The van der Waals surface area contributed by atoms with Crippen LogP contribution in [0.4, 0.5) is 39.4 Å². The largest absolute Gasteiger partial charge is 0.491 e. The van der Waals surface area contributed by atoms with Gasteiger partial charge in [0.15, 0.2) is 0 Å². The van der Waals surface area contributed by atoms with Crippen molar-refractivity contribution in [3.63, 3.8) is 0 Å². The maximum atomic E-state index is 13.5. The molecule has 3 aromatic carbocycles. The number of ether oxygens (including phenoxy) is 3. The summed E-state index contributed by atoms with van der Waals surface area (Å²) in [5.74, 6) is -1.02. The topological polar surface area (TPSA) is 124 Å². The SMILES string of the molecule is C=CC(=O)Nc1cc2c(Oc3ccc(NC(=O)Nc4ccc(F)c(C(F)(F)F)c4)cc3)ncnc2cc1OCCCOC. The molecule has 0 spiro atoms. The van der Waals surface area contributed by atoms with E-state index in [1.165, 1.54) is 30.6 Å². The third kappa shape index (κ3) is 8.16. The Labute approximate surface area is 242 Å². The number of amides is 3. The molecule has 0 saturated carbocycles. The highest BCUT2D eigenvalue weighted by Crippen LogP contribution is 2.36. The van der Waals surface area contributed by atoms with E-state index < -0.39 is 29.5 Å². The zero-order valence-electron chi connectivity index (χ0n) is 22.6. The first-order chi connectivity index (χ1) is 20.6. The summed E-state index contributed by atoms with van der Waals surface area (Å²) in [6.45, 7) is 4.30. The van der Waals surface area contributed by atoms with Crippen molar-refractivity contribution in [2.75, 3.05) is 36.3 Å². The number of benzene rings is 3. The molecule has 1 aromatic heterocycles. The van der Waals surface area contributed by atoms with Crippen molar-refractivity contribution in [1.82, 2.24) is 9.97 Å². The van der Waals surface area contributed by atoms with Gasteiger partial charge in [0.1, 0.15) is 23.6 Å². The van der Waals surface area contributed by atoms with Gasteiger partial charge >= 0.3 is 12.2 Å². The van der Waals surface area contributed by atoms with Crippen LogP contribution in [0.25, 0.3) is 10.9 Å². The van der Waals surface area contributed by atoms with Crippen LogP contribution in [0.1, 0.15) is 12.0 Å². The highest BCUT2D eigenvalue weighted by molar-refractivity contribution is 6.02. The molecule has 43 heavy (non-hydrogen) atoms. The standard InChI is InChI=1S/C29H25F4N5O5/c1-3-26(39)38-24-14-20-23(15-25(24)42-12-4-11-41-2)34-16-35-27(20)43-19-8-5-17(6-9-19)36-28(40)37-18-7-10-22(30)21(13-18)29(31,32)33/h3,5-10,13-16H,1,4,11-12H2,2H3,(H,38,39)(H2,36,37,40). The Morgan fingerprint density at radius 2 is 1.67 bits per heavy atom. The Bertz CT molecular complexity index is 1630. The normalized spacial score (nSPS) is 11.1. The van der Waals surface area contributed by atoms with Crippen molar-refractivity contribution in [3.8, 4) is 17.4 Å². The van der Waals surface area contributed by atoms with E-state index in [0.717, 1.165) is 12.1 Å². The fraction of sp³-hybridized carbons (Fsp3) is 0.172. The van der Waals surface area contributed by atoms with Crippen molar-refractivity contribution >= 4 is 39.9 Å². The van der Waals surface area contributed by atoms with Crippen molar-refractivity contribution in [1.29, 1.82) is 0 Å². The number of rotatable bonds is 11. The molecule has 0 aliphatic carbocycles. The van der Waals surface area contributed by atoms with Crippen LogP contribution >= 0.6 is 0 Å². The van der Waals surface area contributed by atoms with E-state index in [1.807, 2.05) is 0 Å². The molecule has 3 N–H and O–H groups in total. The summed E-state index contributed by atoms with van der Waals surface area (Å²) in [5, 5.41) is 7.86. The van der Waals surface area contributed by atoms with Gasteiger partial charge in [0.05, 0.1) is 28.8 Å². The van der Waals surface area contributed by atoms with E-state index in [2.05, 4.69) is 32.5 Å². The van der Waals surface area contributed by atoms with E-state index in [-0.39, 0.29) is 11.6 Å². The fourth-order valence-corrected chi connectivity index (χ4v) is 3.76. The molecular formula is C29H25F4N5O5. The van der Waals surface area contributed by atoms with Gasteiger partial charge in [-0.2, -0.15) is 13.2 Å². The molecular weight excluding hydrogens is 574 g/mol. The molecule has 224 valence electrons. The number of anilines is 3. The summed E-state index contributed by atoms with van der Waals surface area (Å²) in [5.41, 5.74) is -0.615. The number of nitrogens with one attached hydrogen (secondary N) is 3. The number of alkyl halides is 3. The van der Waals surface area contributed by atoms with E-state index >= 15 is 0 Å². The van der Waals surface area contributed by atoms with Gasteiger partial charge in [-0.3, -0.25) is 4.79 Å². The van der Waals surface area contributed by atoms with Crippen LogP contribution in [-0.4, -0.2) is 42.2 Å². The van der Waals surface area contributed by atoms with Crippen molar-refractivity contribution in [3.05, 3.63) is 85.0 Å². The number of halogens is 4. The van der Waals surface area contributed by atoms with Gasteiger partial charge in [0, 0.05) is 37.6 Å². The molecule has 0 fully saturated rings. The van der Waals surface area contributed by atoms with E-state index in [1.54, 1.807) is 19.2 Å². The summed E-state index contributed by atoms with van der Waals surface area (Å²) >= 11 is 0. The number of fused-ring (bicyclic) bond motifs is 1. The number of methoxy groups -OCH3 is 1. The second-order valence-corrected chi connectivity index (χ2v) is 8.83. The number of hydrogen-bond donors (Lipinski definition) is 3. The number of carbonyl (C=O) groups is 2. The Balaban J connectivity index is 1.48. The number of hydrogen-bond acceptors (Lipinski definition) is 7. The first-order valence-electron chi connectivity index (χ1n) is 12.6. The molecule has 14 heteroatoms. The first-order valence-corrected chi connectivity index (χ1v) is 12.6. The minimum atomic E-state index is -4.91. The third-order valence-electron chi connectivity index (χ3n) is 5.75. The summed E-state index contributed by atoms with van der Waals surface area (Å²) < 4.78 is 69.1. The van der Waals surface area contributed by atoms with Gasteiger partial charge in [0.25, 0.3) is 0 Å². The summed E-state index contributed by atoms with van der Waals surface area (Å²) in [7, 11) is 1.58. The Hall–Kier alpha value is -5.24. The molecule has 0 aliphatic heterocycles. The maximum Gasteiger partial charge on any atom is 0.419 e. The number of nitrogens with zero attached hydrogens (tertiary/aromatic N) is 2. The lowest BCUT2D eigenvalue weighted by Crippen LogP contribution is -2.20. The highest BCUT2D eigenvalue weighted by atomic mass is 19.4. The van der Waals surface area contributed by atoms with E-state index in [9.17, 15) is 27.2 Å². The van der Waals surface area contributed by atoms with Gasteiger partial charge in [0.2, 0.25) is 11.8 Å². The molecule has 4 aromatic rings. The Morgan fingerprint density at radius 3 is 2.37 bits per heavy atom. The maximum absolute atomic E-state index is 13.5. The number of carbonyl (C=O) groups excluding carboxylic acids is 2. The van der Waals surface area contributed by atoms with Crippen LogP contribution in [-0.2, 0) is 15.7 Å². The second kappa shape index (κ2) is 13.6. The van der Waals surface area contributed by atoms with Crippen molar-refractivity contribution in [2.45, 2.75) is 12.6 Å². The van der Waals surface area contributed by atoms with Gasteiger partial charge in [-0.05, 0) is 54.6 Å². The van der Waals surface area contributed by atoms with Crippen LogP contribution < -0.4 is 25.4 Å². The monoisotopic (exact) mass is 599 g/mol. The predicted molar refractivity (Wildman–Crippen MR) is 151 cm³/mol. The van der Waals surface area contributed by atoms with Crippen LogP contribution in [0, 0.1) is 5.82 Å². The lowest BCUT2D eigenvalue weighted by molar-refractivity contribution is -0.139. The van der Waals surface area contributed by atoms with Crippen molar-refractivity contribution < 1.29 is 41.4 Å². The molecule has 1 heterocycles. The zero-order valence-corrected chi connectivity index (χ0v) is 22.6. The fourth-order valence-electron chi connectivity index (χ4n) is 3.76. The molecule has 4 rings (SSSR count). The smallest absolute Gasteiger partial charge is 0.419 e. The van der Waals surface area contributed by atoms with Crippen LogP contribution in [0.3, 0.4) is 0 Å². The molecule has 0 saturated heterocycles. The molecule has 0 atom stereocenters. The molecule has 0 aliphatic rings. The lowest BCUT2D eigenvalue weighted by Gasteiger charge is -2.14. The quantitative estimate of drug-likeness (QED) is 0.0988. The predicted octanol–water partition coefficient (Wildman–Crippen LogP) is 6.76. The minimum Gasteiger partial charge on any atom is -0.491 e. The minimum absolute atomic E-state index is 0.167. The van der Waals surface area contributed by atoms with Crippen LogP contribution in [0.2, 0.25) is 0 Å². The highest BCUT2D eigenvalue weighted by Gasteiger charge is 2.34. The Morgan fingerprint density at radius 1 is 0.953 bits per heavy atom. The summed E-state index contributed by atoms with van der Waals surface area (Å²) in [6, 6.07) is 10.6. The van der Waals surface area contributed by atoms with Crippen LogP contribution in [0.5, 0.6) is 17.4 Å². The van der Waals surface area contributed by atoms with Gasteiger partial charge in [-0.1, -0.05) is 6.58 Å². The van der Waals surface area contributed by atoms with Crippen molar-refractivity contribution in [2.24, 2.45) is 0 Å². The second-order valence-electron chi connectivity index (χ2n) is 8.83. The van der Waals surface area contributed by atoms with Gasteiger partial charge in [-0.25, -0.2) is 19.2 Å².